The number of hydrogen-bond donors (Lipinski definition) is 0. The van der Waals surface area contributed by atoms with Gasteiger partial charge >= 0.3 is 17.9 Å². The summed E-state index contributed by atoms with van der Waals surface area (Å²) in [4.78, 5) is 37.7. The van der Waals surface area contributed by atoms with E-state index in [1.54, 1.807) is 0 Å². The standard InChI is InChI=1S/C49H88O6/c1-4-7-10-13-16-19-21-23-24-26-27-30-33-36-39-42-48(51)54-45-46(44-53-47(50)41-38-35-32-29-18-15-12-9-6-3)55-49(52)43-40-37-34-31-28-25-22-20-17-14-11-8-5-2/h9,12,18,25,28-29,46H,4-8,10-11,13-17,19-24,26-27,30-45H2,1-3H3/b12-9-,28-25-,29-18-. The topological polar surface area (TPSA) is 78.9 Å². The first-order valence-corrected chi connectivity index (χ1v) is 23.5. The Bertz CT molecular complexity index is 938. The summed E-state index contributed by atoms with van der Waals surface area (Å²) in [6.45, 7) is 6.47. The zero-order valence-corrected chi connectivity index (χ0v) is 36.4. The zero-order valence-electron chi connectivity index (χ0n) is 36.4. The molecule has 0 N–H and O–H groups in total. The van der Waals surface area contributed by atoms with Crippen molar-refractivity contribution in [2.45, 2.75) is 245 Å². The number of rotatable bonds is 42. The molecule has 0 saturated heterocycles. The van der Waals surface area contributed by atoms with Crippen LogP contribution in [0.15, 0.2) is 36.5 Å². The third kappa shape index (κ3) is 42.6. The average molecular weight is 773 g/mol. The van der Waals surface area contributed by atoms with Gasteiger partial charge in [0, 0.05) is 19.3 Å². The summed E-state index contributed by atoms with van der Waals surface area (Å²) in [5.41, 5.74) is 0. The van der Waals surface area contributed by atoms with Crippen LogP contribution in [-0.4, -0.2) is 37.2 Å². The molecule has 0 saturated carbocycles. The Morgan fingerprint density at radius 2 is 0.709 bits per heavy atom. The van der Waals surface area contributed by atoms with Crippen molar-refractivity contribution in [3.8, 4) is 0 Å². The Morgan fingerprint density at radius 1 is 0.382 bits per heavy atom. The van der Waals surface area contributed by atoms with Gasteiger partial charge in [-0.15, -0.1) is 0 Å². The molecule has 55 heavy (non-hydrogen) atoms. The van der Waals surface area contributed by atoms with Crippen LogP contribution in [-0.2, 0) is 28.6 Å². The molecule has 0 spiro atoms. The van der Waals surface area contributed by atoms with Crippen LogP contribution in [0.5, 0.6) is 0 Å². The number of hydrogen-bond acceptors (Lipinski definition) is 6. The van der Waals surface area contributed by atoms with Crippen molar-refractivity contribution < 1.29 is 28.6 Å². The molecule has 6 heteroatoms. The lowest BCUT2D eigenvalue weighted by Crippen LogP contribution is -2.30. The Balaban J connectivity index is 4.36. The van der Waals surface area contributed by atoms with Gasteiger partial charge in [-0.25, -0.2) is 0 Å². The van der Waals surface area contributed by atoms with E-state index in [4.69, 9.17) is 14.2 Å². The van der Waals surface area contributed by atoms with Crippen molar-refractivity contribution in [1.29, 1.82) is 0 Å². The second kappa shape index (κ2) is 44.3. The van der Waals surface area contributed by atoms with E-state index in [1.165, 1.54) is 116 Å². The van der Waals surface area contributed by atoms with E-state index < -0.39 is 6.10 Å². The molecule has 0 bridgehead atoms. The van der Waals surface area contributed by atoms with Gasteiger partial charge in [0.2, 0.25) is 0 Å². The van der Waals surface area contributed by atoms with Gasteiger partial charge in [-0.1, -0.05) is 186 Å². The van der Waals surface area contributed by atoms with Crippen LogP contribution in [0, 0.1) is 0 Å². The predicted octanol–water partition coefficient (Wildman–Crippen LogP) is 15.0. The van der Waals surface area contributed by atoms with Gasteiger partial charge in [0.25, 0.3) is 0 Å². The molecule has 0 aromatic carbocycles. The Morgan fingerprint density at radius 3 is 1.16 bits per heavy atom. The van der Waals surface area contributed by atoms with Crippen LogP contribution in [0.2, 0.25) is 0 Å². The maximum Gasteiger partial charge on any atom is 0.306 e. The first-order chi connectivity index (χ1) is 27.0. The van der Waals surface area contributed by atoms with E-state index in [0.717, 1.165) is 83.5 Å². The van der Waals surface area contributed by atoms with Crippen molar-refractivity contribution >= 4 is 17.9 Å². The Hall–Kier alpha value is -2.37. The van der Waals surface area contributed by atoms with E-state index in [1.807, 2.05) is 0 Å². The van der Waals surface area contributed by atoms with Crippen LogP contribution in [0.3, 0.4) is 0 Å². The second-order valence-electron chi connectivity index (χ2n) is 15.6. The van der Waals surface area contributed by atoms with Gasteiger partial charge < -0.3 is 14.2 Å². The van der Waals surface area contributed by atoms with Gasteiger partial charge in [0.15, 0.2) is 6.10 Å². The summed E-state index contributed by atoms with van der Waals surface area (Å²) in [6.07, 6.45) is 50.0. The third-order valence-corrected chi connectivity index (χ3v) is 10.1. The number of carbonyl (C=O) groups excluding carboxylic acids is 3. The first kappa shape index (κ1) is 52.6. The zero-order chi connectivity index (χ0) is 40.1. The molecule has 0 rings (SSSR count). The summed E-state index contributed by atoms with van der Waals surface area (Å²) in [6, 6.07) is 0. The predicted molar refractivity (Wildman–Crippen MR) is 233 cm³/mol. The molecule has 1 unspecified atom stereocenters. The molecule has 0 aliphatic carbocycles. The van der Waals surface area contributed by atoms with Crippen molar-refractivity contribution in [3.63, 3.8) is 0 Å². The van der Waals surface area contributed by atoms with Crippen molar-refractivity contribution in [2.24, 2.45) is 0 Å². The molecule has 0 amide bonds. The van der Waals surface area contributed by atoms with E-state index in [0.29, 0.717) is 19.3 Å². The van der Waals surface area contributed by atoms with Crippen LogP contribution in [0.4, 0.5) is 0 Å². The van der Waals surface area contributed by atoms with E-state index in [-0.39, 0.29) is 31.1 Å². The van der Waals surface area contributed by atoms with Gasteiger partial charge in [-0.3, -0.25) is 14.4 Å². The fraction of sp³-hybridized carbons (Fsp3) is 0.816. The average Bonchev–Trinajstić information content (AvgIpc) is 3.18. The maximum atomic E-state index is 12.7. The van der Waals surface area contributed by atoms with E-state index in [9.17, 15) is 14.4 Å². The lowest BCUT2D eigenvalue weighted by molar-refractivity contribution is -0.167. The van der Waals surface area contributed by atoms with E-state index in [2.05, 4.69) is 57.2 Å². The molecule has 320 valence electrons. The van der Waals surface area contributed by atoms with Crippen molar-refractivity contribution in [1.82, 2.24) is 0 Å². The smallest absolute Gasteiger partial charge is 0.306 e. The normalized spacial score (nSPS) is 12.3. The molecule has 0 aromatic heterocycles. The summed E-state index contributed by atoms with van der Waals surface area (Å²) in [7, 11) is 0. The summed E-state index contributed by atoms with van der Waals surface area (Å²) in [5, 5.41) is 0. The minimum Gasteiger partial charge on any atom is -0.462 e. The minimum absolute atomic E-state index is 0.0860. The molecular formula is C49H88O6. The lowest BCUT2D eigenvalue weighted by Gasteiger charge is -2.18. The highest BCUT2D eigenvalue weighted by Gasteiger charge is 2.19. The number of esters is 3. The summed E-state index contributed by atoms with van der Waals surface area (Å²) >= 11 is 0. The highest BCUT2D eigenvalue weighted by molar-refractivity contribution is 5.71. The van der Waals surface area contributed by atoms with Crippen LogP contribution in [0.25, 0.3) is 0 Å². The molecule has 0 aliphatic heterocycles. The molecule has 0 aliphatic rings. The largest absolute Gasteiger partial charge is 0.462 e. The number of ether oxygens (including phenoxy) is 3. The first-order valence-electron chi connectivity index (χ1n) is 23.5. The molecule has 0 heterocycles. The molecule has 0 fully saturated rings. The monoisotopic (exact) mass is 773 g/mol. The minimum atomic E-state index is -0.787. The lowest BCUT2D eigenvalue weighted by atomic mass is 10.0. The molecule has 1 atom stereocenters. The fourth-order valence-corrected chi connectivity index (χ4v) is 6.59. The third-order valence-electron chi connectivity index (χ3n) is 10.1. The van der Waals surface area contributed by atoms with E-state index >= 15 is 0 Å². The molecule has 0 aromatic rings. The fourth-order valence-electron chi connectivity index (χ4n) is 6.59. The van der Waals surface area contributed by atoms with Gasteiger partial charge in [0.05, 0.1) is 0 Å². The summed E-state index contributed by atoms with van der Waals surface area (Å²) in [5.74, 6) is -0.937. The summed E-state index contributed by atoms with van der Waals surface area (Å²) < 4.78 is 16.7. The number of allylic oxidation sites excluding steroid dienone is 6. The van der Waals surface area contributed by atoms with Gasteiger partial charge in [-0.2, -0.15) is 0 Å². The second-order valence-corrected chi connectivity index (χ2v) is 15.6. The van der Waals surface area contributed by atoms with Crippen LogP contribution >= 0.6 is 0 Å². The van der Waals surface area contributed by atoms with Crippen molar-refractivity contribution in [2.75, 3.05) is 13.2 Å². The van der Waals surface area contributed by atoms with Gasteiger partial charge in [0.1, 0.15) is 13.2 Å². The maximum absolute atomic E-state index is 12.7. The molecule has 6 nitrogen and oxygen atoms in total. The van der Waals surface area contributed by atoms with Crippen LogP contribution < -0.4 is 0 Å². The highest BCUT2D eigenvalue weighted by atomic mass is 16.6. The Kier molecular flexibility index (Phi) is 42.4. The molecular weight excluding hydrogens is 685 g/mol. The highest BCUT2D eigenvalue weighted by Crippen LogP contribution is 2.15. The number of carbonyl (C=O) groups is 3. The number of unbranched alkanes of at least 4 members (excludes halogenated alkanes) is 25. The van der Waals surface area contributed by atoms with Gasteiger partial charge in [-0.05, 0) is 70.6 Å². The van der Waals surface area contributed by atoms with Crippen molar-refractivity contribution in [3.05, 3.63) is 36.5 Å². The Labute approximate surface area is 340 Å². The quantitative estimate of drug-likeness (QED) is 0.0266. The molecule has 0 radical (unpaired) electrons. The van der Waals surface area contributed by atoms with Crippen LogP contribution in [0.1, 0.15) is 239 Å². The SMILES string of the molecule is CC/C=C\C/C=C\CCCCC(=O)OCC(COC(=O)CCCCCCCCCCCCCCCCC)OC(=O)CCCCC/C=C\CCCCCCCC.